The Kier molecular flexibility index (Phi) is 2.51. The van der Waals surface area contributed by atoms with E-state index >= 15 is 0 Å². The molecular formula is C9H8ClN. The summed E-state index contributed by atoms with van der Waals surface area (Å²) < 4.78 is 0. The Balaban J connectivity index is 3.01. The van der Waals surface area contributed by atoms with Crippen molar-refractivity contribution in [2.24, 2.45) is 0 Å². The second-order valence-corrected chi connectivity index (χ2v) is 2.64. The van der Waals surface area contributed by atoms with Gasteiger partial charge in [0.05, 0.1) is 0 Å². The Bertz CT molecular complexity index is 299. The Morgan fingerprint density at radius 2 is 2.36 bits per heavy atom. The fraction of sp³-hybridized carbons (Fsp3) is 0.222. The quantitative estimate of drug-likeness (QED) is 0.459. The predicted octanol–water partition coefficient (Wildman–Crippen LogP) is 2.22. The van der Waals surface area contributed by atoms with Crippen LogP contribution < -0.4 is 0 Å². The number of terminal acetylenes is 1. The van der Waals surface area contributed by atoms with Crippen molar-refractivity contribution in [2.75, 3.05) is 0 Å². The van der Waals surface area contributed by atoms with Crippen molar-refractivity contribution in [3.05, 3.63) is 28.5 Å². The van der Waals surface area contributed by atoms with Crippen LogP contribution in [-0.4, -0.2) is 4.98 Å². The van der Waals surface area contributed by atoms with Crippen molar-refractivity contribution in [1.82, 2.24) is 4.98 Å². The standard InChI is InChI=1S/C9H8ClN/c1-3-4-8-6-5-7(2)11-9(8)10/h1,5-6H,4H2,2H3. The van der Waals surface area contributed by atoms with Crippen LogP contribution in [0.1, 0.15) is 11.3 Å². The third kappa shape index (κ3) is 1.96. The lowest BCUT2D eigenvalue weighted by molar-refractivity contribution is 1.15. The minimum Gasteiger partial charge on any atom is -0.241 e. The van der Waals surface area contributed by atoms with Gasteiger partial charge in [-0.2, -0.15) is 0 Å². The molecule has 0 unspecified atom stereocenters. The summed E-state index contributed by atoms with van der Waals surface area (Å²) in [5.41, 5.74) is 1.83. The van der Waals surface area contributed by atoms with Crippen molar-refractivity contribution in [3.8, 4) is 12.3 Å². The fourth-order valence-corrected chi connectivity index (χ4v) is 1.06. The number of nitrogens with zero attached hydrogens (tertiary/aromatic N) is 1. The Morgan fingerprint density at radius 3 is 2.91 bits per heavy atom. The Hall–Kier alpha value is -1.00. The monoisotopic (exact) mass is 165 g/mol. The van der Waals surface area contributed by atoms with E-state index in [1.54, 1.807) is 0 Å². The van der Waals surface area contributed by atoms with E-state index in [0.717, 1.165) is 11.3 Å². The second kappa shape index (κ2) is 3.41. The van der Waals surface area contributed by atoms with Crippen LogP contribution in [0.3, 0.4) is 0 Å². The lowest BCUT2D eigenvalue weighted by Gasteiger charge is -1.98. The molecule has 1 rings (SSSR count). The maximum atomic E-state index is 5.80. The van der Waals surface area contributed by atoms with Crippen molar-refractivity contribution in [3.63, 3.8) is 0 Å². The molecule has 1 aromatic rings. The minimum atomic E-state index is 0.517. The van der Waals surface area contributed by atoms with Gasteiger partial charge < -0.3 is 0 Å². The zero-order valence-electron chi connectivity index (χ0n) is 6.26. The molecule has 1 heterocycles. The summed E-state index contributed by atoms with van der Waals surface area (Å²) in [5, 5.41) is 0.517. The van der Waals surface area contributed by atoms with E-state index < -0.39 is 0 Å². The highest BCUT2D eigenvalue weighted by atomic mass is 35.5. The zero-order valence-corrected chi connectivity index (χ0v) is 7.02. The highest BCUT2D eigenvalue weighted by molar-refractivity contribution is 6.30. The normalized spacial score (nSPS) is 9.18. The van der Waals surface area contributed by atoms with E-state index in [2.05, 4.69) is 10.9 Å². The molecule has 11 heavy (non-hydrogen) atoms. The van der Waals surface area contributed by atoms with Crippen molar-refractivity contribution in [2.45, 2.75) is 13.3 Å². The third-order valence-electron chi connectivity index (χ3n) is 1.36. The van der Waals surface area contributed by atoms with Gasteiger partial charge in [0.1, 0.15) is 5.15 Å². The number of rotatable bonds is 1. The molecule has 0 aliphatic heterocycles. The third-order valence-corrected chi connectivity index (χ3v) is 1.68. The molecule has 1 nitrogen and oxygen atoms in total. The van der Waals surface area contributed by atoms with Gasteiger partial charge in [0.25, 0.3) is 0 Å². The van der Waals surface area contributed by atoms with E-state index in [-0.39, 0.29) is 0 Å². The Morgan fingerprint density at radius 1 is 1.64 bits per heavy atom. The van der Waals surface area contributed by atoms with Crippen molar-refractivity contribution < 1.29 is 0 Å². The van der Waals surface area contributed by atoms with E-state index in [9.17, 15) is 0 Å². The van der Waals surface area contributed by atoms with Crippen LogP contribution in [0, 0.1) is 19.3 Å². The first-order chi connectivity index (χ1) is 5.24. The number of hydrogen-bond acceptors (Lipinski definition) is 1. The molecule has 0 spiro atoms. The van der Waals surface area contributed by atoms with E-state index in [0.29, 0.717) is 11.6 Å². The molecule has 0 aliphatic rings. The first-order valence-corrected chi connectivity index (χ1v) is 3.67. The first kappa shape index (κ1) is 8.10. The predicted molar refractivity (Wildman–Crippen MR) is 46.5 cm³/mol. The average Bonchev–Trinajstić information content (AvgIpc) is 1.95. The smallest absolute Gasteiger partial charge is 0.133 e. The average molecular weight is 166 g/mol. The van der Waals surface area contributed by atoms with Crippen LogP contribution in [0.15, 0.2) is 12.1 Å². The van der Waals surface area contributed by atoms with Gasteiger partial charge in [-0.3, -0.25) is 0 Å². The maximum absolute atomic E-state index is 5.80. The lowest BCUT2D eigenvalue weighted by atomic mass is 10.2. The molecular weight excluding hydrogens is 158 g/mol. The summed E-state index contributed by atoms with van der Waals surface area (Å²) in [6.45, 7) is 1.89. The first-order valence-electron chi connectivity index (χ1n) is 3.29. The summed E-state index contributed by atoms with van der Waals surface area (Å²) >= 11 is 5.80. The highest BCUT2D eigenvalue weighted by Gasteiger charge is 1.98. The van der Waals surface area contributed by atoms with Gasteiger partial charge in [0.2, 0.25) is 0 Å². The SMILES string of the molecule is C#CCc1ccc(C)nc1Cl. The second-order valence-electron chi connectivity index (χ2n) is 2.28. The summed E-state index contributed by atoms with van der Waals surface area (Å²) in [6.07, 6.45) is 5.68. The topological polar surface area (TPSA) is 12.9 Å². The molecule has 1 aromatic heterocycles. The van der Waals surface area contributed by atoms with E-state index in [4.69, 9.17) is 18.0 Å². The Labute approximate surface area is 71.4 Å². The molecule has 0 aliphatic carbocycles. The van der Waals surface area contributed by atoms with Gasteiger partial charge >= 0.3 is 0 Å². The molecule has 0 amide bonds. The fourth-order valence-electron chi connectivity index (χ4n) is 0.796. The molecule has 0 radical (unpaired) electrons. The largest absolute Gasteiger partial charge is 0.241 e. The van der Waals surface area contributed by atoms with Crippen LogP contribution in [0.2, 0.25) is 5.15 Å². The van der Waals surface area contributed by atoms with Gasteiger partial charge in [-0.25, -0.2) is 4.98 Å². The molecule has 56 valence electrons. The summed E-state index contributed by atoms with van der Waals surface area (Å²) in [6, 6.07) is 3.81. The summed E-state index contributed by atoms with van der Waals surface area (Å²) in [7, 11) is 0. The molecule has 0 atom stereocenters. The lowest BCUT2D eigenvalue weighted by Crippen LogP contribution is -1.88. The molecule has 0 saturated heterocycles. The van der Waals surface area contributed by atoms with Crippen molar-refractivity contribution in [1.29, 1.82) is 0 Å². The molecule has 2 heteroatoms. The number of aryl methyl sites for hydroxylation is 1. The van der Waals surface area contributed by atoms with Crippen LogP contribution in [0.25, 0.3) is 0 Å². The molecule has 0 aromatic carbocycles. The zero-order chi connectivity index (χ0) is 8.27. The van der Waals surface area contributed by atoms with Crippen LogP contribution >= 0.6 is 11.6 Å². The number of pyridine rings is 1. The summed E-state index contributed by atoms with van der Waals surface area (Å²) in [4.78, 5) is 4.06. The molecule has 0 fully saturated rings. The van der Waals surface area contributed by atoms with Gasteiger partial charge in [-0.1, -0.05) is 17.7 Å². The highest BCUT2D eigenvalue weighted by Crippen LogP contribution is 2.13. The van der Waals surface area contributed by atoms with Crippen LogP contribution in [0.4, 0.5) is 0 Å². The van der Waals surface area contributed by atoms with Gasteiger partial charge in [-0.15, -0.1) is 12.3 Å². The van der Waals surface area contributed by atoms with Crippen molar-refractivity contribution >= 4 is 11.6 Å². The van der Waals surface area contributed by atoms with E-state index in [1.165, 1.54) is 0 Å². The molecule has 0 bridgehead atoms. The van der Waals surface area contributed by atoms with Crippen LogP contribution in [-0.2, 0) is 6.42 Å². The molecule has 0 saturated carbocycles. The number of hydrogen-bond donors (Lipinski definition) is 0. The summed E-state index contributed by atoms with van der Waals surface area (Å²) in [5.74, 6) is 2.52. The maximum Gasteiger partial charge on any atom is 0.133 e. The van der Waals surface area contributed by atoms with E-state index in [1.807, 2.05) is 19.1 Å². The van der Waals surface area contributed by atoms with Gasteiger partial charge in [0, 0.05) is 17.7 Å². The molecule has 0 N–H and O–H groups in total. The minimum absolute atomic E-state index is 0.517. The van der Waals surface area contributed by atoms with Crippen LogP contribution in [0.5, 0.6) is 0 Å². The number of aromatic nitrogens is 1. The van der Waals surface area contributed by atoms with Gasteiger partial charge in [0.15, 0.2) is 0 Å². The number of halogens is 1. The van der Waals surface area contributed by atoms with Gasteiger partial charge in [-0.05, 0) is 13.0 Å².